The van der Waals surface area contributed by atoms with Gasteiger partial charge in [-0.15, -0.1) is 0 Å². The number of ether oxygens (including phenoxy) is 1. The van der Waals surface area contributed by atoms with E-state index in [0.29, 0.717) is 5.39 Å². The Morgan fingerprint density at radius 1 is 1.06 bits per heavy atom. The largest absolute Gasteiger partial charge is 0.427 e. The normalized spacial score (nSPS) is 13.9. The van der Waals surface area contributed by atoms with Crippen LogP contribution in [0.3, 0.4) is 0 Å². The van der Waals surface area contributed by atoms with Gasteiger partial charge in [0.1, 0.15) is 11.3 Å². The fourth-order valence-electron chi connectivity index (χ4n) is 2.02. The van der Waals surface area contributed by atoms with Gasteiger partial charge in [-0.3, -0.25) is 0 Å². The fourth-order valence-corrected chi connectivity index (χ4v) is 2.02. The van der Waals surface area contributed by atoms with E-state index < -0.39 is 17.6 Å². The topological polar surface area (TPSA) is 73.6 Å². The van der Waals surface area contributed by atoms with Crippen molar-refractivity contribution in [1.29, 1.82) is 0 Å². The summed E-state index contributed by atoms with van der Waals surface area (Å²) in [5.74, 6) is -1.36. The molecule has 5 nitrogen and oxygen atoms in total. The first-order valence-corrected chi connectivity index (χ1v) is 4.92. The Morgan fingerprint density at radius 3 is 2.59 bits per heavy atom. The molecule has 84 valence electrons. The van der Waals surface area contributed by atoms with Gasteiger partial charge in [-0.2, -0.15) is 0 Å². The number of aryl methyl sites for hydroxylation is 1. The smallest absolute Gasteiger partial charge is 0.350 e. The van der Waals surface area contributed by atoms with Crippen molar-refractivity contribution in [3.8, 4) is 0 Å². The standard InChI is InChI=1S/C12H6O5/c1-5-8-9-6(10(13)16-5)3-2-4-7(9)11(14)17-12(8)15/h2-4H,1H3. The summed E-state index contributed by atoms with van der Waals surface area (Å²) in [5, 5.41) is 0.538. The van der Waals surface area contributed by atoms with Crippen LogP contribution >= 0.6 is 0 Å². The first-order chi connectivity index (χ1) is 8.09. The molecule has 0 bridgehead atoms. The summed E-state index contributed by atoms with van der Waals surface area (Å²) in [6.07, 6.45) is 0. The van der Waals surface area contributed by atoms with Gasteiger partial charge in [0.15, 0.2) is 0 Å². The molecule has 1 aromatic carbocycles. The van der Waals surface area contributed by atoms with Crippen LogP contribution in [-0.4, -0.2) is 11.9 Å². The van der Waals surface area contributed by atoms with E-state index in [1.807, 2.05) is 0 Å². The van der Waals surface area contributed by atoms with Crippen LogP contribution in [0.25, 0.3) is 10.8 Å². The zero-order valence-electron chi connectivity index (χ0n) is 8.77. The number of carbonyl (C=O) groups is 2. The summed E-state index contributed by atoms with van der Waals surface area (Å²) in [5.41, 5.74) is -0.200. The van der Waals surface area contributed by atoms with Crippen molar-refractivity contribution in [1.82, 2.24) is 0 Å². The molecule has 3 rings (SSSR count). The van der Waals surface area contributed by atoms with Gasteiger partial charge < -0.3 is 9.15 Å². The second kappa shape index (κ2) is 3.04. The summed E-state index contributed by atoms with van der Waals surface area (Å²) in [6.45, 7) is 1.49. The molecule has 0 spiro atoms. The number of hydrogen-bond donors (Lipinski definition) is 0. The number of esters is 2. The highest BCUT2D eigenvalue weighted by Crippen LogP contribution is 2.28. The maximum absolute atomic E-state index is 11.6. The lowest BCUT2D eigenvalue weighted by Crippen LogP contribution is -2.22. The van der Waals surface area contributed by atoms with Gasteiger partial charge in [0.25, 0.3) is 0 Å². The highest BCUT2D eigenvalue weighted by atomic mass is 16.6. The molecule has 0 amide bonds. The van der Waals surface area contributed by atoms with E-state index >= 15 is 0 Å². The number of benzene rings is 1. The van der Waals surface area contributed by atoms with Crippen LogP contribution < -0.4 is 5.63 Å². The lowest BCUT2D eigenvalue weighted by Gasteiger charge is -2.15. The zero-order valence-corrected chi connectivity index (χ0v) is 8.77. The van der Waals surface area contributed by atoms with Crippen LogP contribution in [0, 0.1) is 6.92 Å². The highest BCUT2D eigenvalue weighted by molar-refractivity contribution is 6.20. The number of carbonyl (C=O) groups excluding carboxylic acids is 2. The zero-order chi connectivity index (χ0) is 12.2. The van der Waals surface area contributed by atoms with Gasteiger partial charge in [-0.1, -0.05) is 6.07 Å². The average molecular weight is 230 g/mol. The molecular weight excluding hydrogens is 224 g/mol. The quantitative estimate of drug-likeness (QED) is 0.505. The summed E-state index contributed by atoms with van der Waals surface area (Å²) in [6, 6.07) is 4.57. The molecule has 0 radical (unpaired) electrons. The molecule has 2 heterocycles. The molecule has 0 fully saturated rings. The van der Waals surface area contributed by atoms with Crippen molar-refractivity contribution in [3.05, 3.63) is 45.5 Å². The minimum atomic E-state index is -0.778. The van der Waals surface area contributed by atoms with Gasteiger partial charge in [0, 0.05) is 5.39 Å². The Bertz CT molecular complexity index is 738. The van der Waals surface area contributed by atoms with Crippen molar-refractivity contribution in [2.45, 2.75) is 6.92 Å². The van der Waals surface area contributed by atoms with E-state index in [1.165, 1.54) is 19.1 Å². The minimum absolute atomic E-state index is 0.148. The molecule has 0 atom stereocenters. The molecule has 0 aliphatic carbocycles. The molecule has 0 saturated carbocycles. The monoisotopic (exact) mass is 230 g/mol. The molecule has 5 heteroatoms. The third-order valence-electron chi connectivity index (χ3n) is 2.74. The van der Waals surface area contributed by atoms with E-state index in [4.69, 9.17) is 4.42 Å². The molecule has 1 aliphatic rings. The van der Waals surface area contributed by atoms with Crippen LogP contribution in [0.2, 0.25) is 0 Å². The van der Waals surface area contributed by atoms with Gasteiger partial charge in [0.05, 0.1) is 10.9 Å². The summed E-state index contributed by atoms with van der Waals surface area (Å²) >= 11 is 0. The van der Waals surface area contributed by atoms with Crippen LogP contribution in [-0.2, 0) is 4.74 Å². The Hall–Kier alpha value is -2.43. The maximum atomic E-state index is 11.6. The SMILES string of the molecule is Cc1oc(=O)c2cccc3c2c1C(=O)OC3=O. The Kier molecular flexibility index (Phi) is 1.75. The molecule has 0 saturated heterocycles. The van der Waals surface area contributed by atoms with Crippen molar-refractivity contribution in [2.75, 3.05) is 0 Å². The van der Waals surface area contributed by atoms with Gasteiger partial charge >= 0.3 is 17.6 Å². The third-order valence-corrected chi connectivity index (χ3v) is 2.74. The fraction of sp³-hybridized carbons (Fsp3) is 0.0833. The molecule has 2 aromatic rings. The Morgan fingerprint density at radius 2 is 1.82 bits per heavy atom. The number of cyclic esters (lactones) is 2. The second-order valence-corrected chi connectivity index (χ2v) is 3.73. The molecule has 0 unspecified atom stereocenters. The van der Waals surface area contributed by atoms with Crippen molar-refractivity contribution >= 4 is 22.7 Å². The lowest BCUT2D eigenvalue weighted by atomic mass is 9.98. The van der Waals surface area contributed by atoms with E-state index in [0.717, 1.165) is 0 Å². The van der Waals surface area contributed by atoms with Crippen LogP contribution in [0.4, 0.5) is 0 Å². The predicted molar refractivity (Wildman–Crippen MR) is 57.0 cm³/mol. The summed E-state index contributed by atoms with van der Waals surface area (Å²) < 4.78 is 9.52. The van der Waals surface area contributed by atoms with Gasteiger partial charge in [-0.25, -0.2) is 14.4 Å². The third kappa shape index (κ3) is 1.16. The first-order valence-electron chi connectivity index (χ1n) is 4.92. The Labute approximate surface area is 94.6 Å². The van der Waals surface area contributed by atoms with Crippen LogP contribution in [0.15, 0.2) is 27.4 Å². The Balaban J connectivity index is 2.66. The molecular formula is C12H6O5. The predicted octanol–water partition coefficient (Wildman–Crippen LogP) is 1.41. The average Bonchev–Trinajstić information content (AvgIpc) is 2.27. The van der Waals surface area contributed by atoms with Crippen molar-refractivity contribution < 1.29 is 18.7 Å². The van der Waals surface area contributed by atoms with Crippen LogP contribution in [0.5, 0.6) is 0 Å². The van der Waals surface area contributed by atoms with Crippen LogP contribution in [0.1, 0.15) is 26.5 Å². The summed E-state index contributed by atoms with van der Waals surface area (Å²) in [7, 11) is 0. The molecule has 1 aromatic heterocycles. The number of rotatable bonds is 0. The van der Waals surface area contributed by atoms with Gasteiger partial charge in [-0.05, 0) is 19.1 Å². The van der Waals surface area contributed by atoms with Crippen molar-refractivity contribution in [3.63, 3.8) is 0 Å². The molecule has 17 heavy (non-hydrogen) atoms. The maximum Gasteiger partial charge on any atom is 0.350 e. The minimum Gasteiger partial charge on any atom is -0.427 e. The first kappa shape index (κ1) is 9.77. The van der Waals surface area contributed by atoms with E-state index in [2.05, 4.69) is 4.74 Å². The number of hydrogen-bond acceptors (Lipinski definition) is 5. The van der Waals surface area contributed by atoms with E-state index in [1.54, 1.807) is 6.07 Å². The van der Waals surface area contributed by atoms with E-state index in [-0.39, 0.29) is 22.3 Å². The molecule has 1 aliphatic heterocycles. The van der Waals surface area contributed by atoms with Gasteiger partial charge in [0.2, 0.25) is 0 Å². The van der Waals surface area contributed by atoms with Crippen molar-refractivity contribution in [2.24, 2.45) is 0 Å². The summed E-state index contributed by atoms with van der Waals surface area (Å²) in [4.78, 5) is 34.8. The second-order valence-electron chi connectivity index (χ2n) is 3.73. The molecule has 0 N–H and O–H groups in total. The van der Waals surface area contributed by atoms with E-state index in [9.17, 15) is 14.4 Å². The lowest BCUT2D eigenvalue weighted by molar-refractivity contribution is 0.0388. The highest BCUT2D eigenvalue weighted by Gasteiger charge is 2.30.